The predicted molar refractivity (Wildman–Crippen MR) is 91.7 cm³/mol. The summed E-state index contributed by atoms with van der Waals surface area (Å²) >= 11 is 0. The van der Waals surface area contributed by atoms with Crippen LogP contribution >= 0.6 is 0 Å². The number of nitrogens with zero attached hydrogens (tertiary/aromatic N) is 1. The second kappa shape index (κ2) is 8.04. The van der Waals surface area contributed by atoms with Gasteiger partial charge >= 0.3 is 5.97 Å². The van der Waals surface area contributed by atoms with Crippen molar-refractivity contribution in [3.8, 4) is 11.5 Å². The number of carbonyl (C=O) groups is 2. The van der Waals surface area contributed by atoms with Gasteiger partial charge in [-0.25, -0.2) is 4.79 Å². The van der Waals surface area contributed by atoms with E-state index in [2.05, 4.69) is 0 Å². The summed E-state index contributed by atoms with van der Waals surface area (Å²) in [4.78, 5) is 25.2. The topological polar surface area (TPSA) is 76.1 Å². The Morgan fingerprint density at radius 1 is 1.17 bits per heavy atom. The van der Waals surface area contributed by atoms with Gasteiger partial charge in [-0.2, -0.15) is 0 Å². The zero-order chi connectivity index (χ0) is 18.5. The number of carboxylic acid groups (broad SMARTS) is 1. The van der Waals surface area contributed by atoms with Gasteiger partial charge in [-0.1, -0.05) is 6.07 Å². The van der Waals surface area contributed by atoms with E-state index < -0.39 is 17.4 Å². The van der Waals surface area contributed by atoms with Crippen LogP contribution in [0.3, 0.4) is 0 Å². The minimum atomic E-state index is -1.04. The van der Waals surface area contributed by atoms with E-state index in [1.54, 1.807) is 26.0 Å². The summed E-state index contributed by atoms with van der Waals surface area (Å²) in [6.07, 6.45) is 0. The van der Waals surface area contributed by atoms with Crippen LogP contribution in [0.5, 0.6) is 11.5 Å². The highest BCUT2D eigenvalue weighted by molar-refractivity contribution is 5.90. The van der Waals surface area contributed by atoms with Crippen LogP contribution in [0.4, 0.5) is 0 Å². The molecule has 1 N–H and O–H groups in total. The summed E-state index contributed by atoms with van der Waals surface area (Å²) in [6, 6.07) is 4.47. The fourth-order valence-electron chi connectivity index (χ4n) is 2.35. The molecule has 24 heavy (non-hydrogen) atoms. The highest BCUT2D eigenvalue weighted by Crippen LogP contribution is 2.34. The van der Waals surface area contributed by atoms with Crippen LogP contribution in [0.2, 0.25) is 0 Å². The molecule has 0 aliphatic heterocycles. The third kappa shape index (κ3) is 4.19. The van der Waals surface area contributed by atoms with Gasteiger partial charge in [-0.15, -0.1) is 0 Å². The van der Waals surface area contributed by atoms with Gasteiger partial charge in [0.2, 0.25) is 5.91 Å². The molecule has 1 amide bonds. The fraction of sp³-hybridized carbons (Fsp3) is 0.556. The van der Waals surface area contributed by atoms with Gasteiger partial charge in [0.15, 0.2) is 11.5 Å². The van der Waals surface area contributed by atoms with Gasteiger partial charge in [0.1, 0.15) is 6.04 Å². The van der Waals surface area contributed by atoms with Crippen LogP contribution in [-0.2, 0) is 15.0 Å². The molecule has 0 aromatic heterocycles. The number of hydrogen-bond donors (Lipinski definition) is 1. The number of ether oxygens (including phenoxy) is 2. The van der Waals surface area contributed by atoms with Crippen LogP contribution in [0.1, 0.15) is 40.2 Å². The number of amides is 1. The Balaban J connectivity index is 3.19. The molecule has 0 saturated carbocycles. The molecule has 0 spiro atoms. The van der Waals surface area contributed by atoms with Gasteiger partial charge in [0.25, 0.3) is 0 Å². The Labute approximate surface area is 143 Å². The molecule has 0 saturated heterocycles. The van der Waals surface area contributed by atoms with E-state index in [1.807, 2.05) is 19.9 Å². The number of benzene rings is 1. The first-order valence-electron chi connectivity index (χ1n) is 8.06. The first kappa shape index (κ1) is 19.8. The molecule has 1 unspecified atom stereocenters. The number of rotatable bonds is 8. The smallest absolute Gasteiger partial charge is 0.326 e. The van der Waals surface area contributed by atoms with Crippen molar-refractivity contribution in [3.05, 3.63) is 23.8 Å². The lowest BCUT2D eigenvalue weighted by Crippen LogP contribution is -2.48. The molecular weight excluding hydrogens is 310 g/mol. The Bertz CT molecular complexity index is 597. The van der Waals surface area contributed by atoms with Gasteiger partial charge in [-0.05, 0) is 52.3 Å². The summed E-state index contributed by atoms with van der Waals surface area (Å²) in [7, 11) is 1.50. The average molecular weight is 337 g/mol. The highest BCUT2D eigenvalue weighted by atomic mass is 16.5. The maximum atomic E-state index is 12.8. The third-order valence-corrected chi connectivity index (χ3v) is 4.06. The van der Waals surface area contributed by atoms with Crippen molar-refractivity contribution in [1.29, 1.82) is 0 Å². The van der Waals surface area contributed by atoms with Crippen LogP contribution in [0, 0.1) is 0 Å². The molecule has 0 fully saturated rings. The number of hydrogen-bond acceptors (Lipinski definition) is 4. The second-order valence-electron chi connectivity index (χ2n) is 6.08. The van der Waals surface area contributed by atoms with Crippen molar-refractivity contribution < 1.29 is 24.2 Å². The second-order valence-corrected chi connectivity index (χ2v) is 6.08. The van der Waals surface area contributed by atoms with Gasteiger partial charge in [-0.3, -0.25) is 4.79 Å². The van der Waals surface area contributed by atoms with Crippen LogP contribution in [-0.4, -0.2) is 48.2 Å². The van der Waals surface area contributed by atoms with Gasteiger partial charge < -0.3 is 19.5 Å². The largest absolute Gasteiger partial charge is 0.490 e. The number of likely N-dealkylation sites (N-methyl/N-ethyl adjacent to an activating group) is 1. The first-order valence-corrected chi connectivity index (χ1v) is 8.06. The lowest BCUT2D eigenvalue weighted by Gasteiger charge is -2.32. The Hall–Kier alpha value is -2.24. The van der Waals surface area contributed by atoms with E-state index in [0.29, 0.717) is 24.7 Å². The van der Waals surface area contributed by atoms with E-state index in [0.717, 1.165) is 5.56 Å². The van der Waals surface area contributed by atoms with Crippen molar-refractivity contribution in [2.45, 2.75) is 46.1 Å². The molecule has 0 heterocycles. The normalized spacial score (nSPS) is 12.4. The maximum Gasteiger partial charge on any atom is 0.326 e. The first-order chi connectivity index (χ1) is 11.2. The fourth-order valence-corrected chi connectivity index (χ4v) is 2.35. The molecule has 1 atom stereocenters. The summed E-state index contributed by atoms with van der Waals surface area (Å²) in [5.41, 5.74) is -0.154. The Morgan fingerprint density at radius 2 is 1.71 bits per heavy atom. The third-order valence-electron chi connectivity index (χ3n) is 4.06. The number of carboxylic acids is 1. The summed E-state index contributed by atoms with van der Waals surface area (Å²) in [5, 5.41) is 9.12. The lowest BCUT2D eigenvalue weighted by atomic mass is 9.82. The summed E-state index contributed by atoms with van der Waals surface area (Å²) in [5.74, 6) is -0.113. The minimum absolute atomic E-state index is 0.274. The molecule has 0 radical (unpaired) electrons. The SMILES string of the molecule is CCOc1ccc(C(C)(C)C(=O)N(C)C(C)C(=O)O)cc1OCC. The lowest BCUT2D eigenvalue weighted by molar-refractivity contribution is -0.150. The molecule has 1 rings (SSSR count). The van der Waals surface area contributed by atoms with Crippen LogP contribution in [0.25, 0.3) is 0 Å². The van der Waals surface area contributed by atoms with E-state index in [1.165, 1.54) is 18.9 Å². The van der Waals surface area contributed by atoms with Gasteiger partial charge in [0.05, 0.1) is 18.6 Å². The van der Waals surface area contributed by atoms with Crippen molar-refractivity contribution in [2.75, 3.05) is 20.3 Å². The maximum absolute atomic E-state index is 12.8. The van der Waals surface area contributed by atoms with Gasteiger partial charge in [0, 0.05) is 7.05 Å². The standard InChI is InChI=1S/C18H27NO5/c1-7-23-14-10-9-13(11-15(14)24-8-2)18(4,5)17(22)19(6)12(3)16(20)21/h9-12H,7-8H2,1-6H3,(H,20,21). The average Bonchev–Trinajstić information content (AvgIpc) is 2.54. The highest BCUT2D eigenvalue weighted by Gasteiger charge is 2.36. The Kier molecular flexibility index (Phi) is 6.63. The molecule has 1 aromatic rings. The van der Waals surface area contributed by atoms with Crippen molar-refractivity contribution in [1.82, 2.24) is 4.90 Å². The molecule has 0 aliphatic carbocycles. The molecule has 0 aliphatic rings. The molecular formula is C18H27NO5. The quantitative estimate of drug-likeness (QED) is 0.789. The Morgan fingerprint density at radius 3 is 2.21 bits per heavy atom. The number of carbonyl (C=O) groups excluding carboxylic acids is 1. The molecule has 0 bridgehead atoms. The van der Waals surface area contributed by atoms with E-state index in [9.17, 15) is 9.59 Å². The summed E-state index contributed by atoms with van der Waals surface area (Å²) in [6.45, 7) is 9.78. The molecule has 134 valence electrons. The zero-order valence-electron chi connectivity index (χ0n) is 15.3. The van der Waals surface area contributed by atoms with Crippen molar-refractivity contribution in [3.63, 3.8) is 0 Å². The summed E-state index contributed by atoms with van der Waals surface area (Å²) < 4.78 is 11.1. The van der Waals surface area contributed by atoms with E-state index >= 15 is 0 Å². The minimum Gasteiger partial charge on any atom is -0.490 e. The molecule has 6 heteroatoms. The molecule has 6 nitrogen and oxygen atoms in total. The monoisotopic (exact) mass is 337 g/mol. The van der Waals surface area contributed by atoms with E-state index in [4.69, 9.17) is 14.6 Å². The van der Waals surface area contributed by atoms with Crippen LogP contribution in [0.15, 0.2) is 18.2 Å². The van der Waals surface area contributed by atoms with Crippen LogP contribution < -0.4 is 9.47 Å². The van der Waals surface area contributed by atoms with Crippen molar-refractivity contribution >= 4 is 11.9 Å². The predicted octanol–water partition coefficient (Wildman–Crippen LogP) is 2.69. The van der Waals surface area contributed by atoms with E-state index in [-0.39, 0.29) is 5.91 Å². The molecule has 1 aromatic carbocycles. The number of aliphatic carboxylic acids is 1. The zero-order valence-corrected chi connectivity index (χ0v) is 15.3. The van der Waals surface area contributed by atoms with Crippen molar-refractivity contribution in [2.24, 2.45) is 0 Å².